The Hall–Kier alpha value is -2.34. The molecule has 0 saturated carbocycles. The van der Waals surface area contributed by atoms with Crippen LogP contribution in [-0.4, -0.2) is 40.9 Å². The predicted octanol–water partition coefficient (Wildman–Crippen LogP) is 1.78. The first kappa shape index (κ1) is 16.0. The van der Waals surface area contributed by atoms with Crippen LogP contribution in [-0.2, 0) is 6.54 Å². The predicted molar refractivity (Wildman–Crippen MR) is 84.5 cm³/mol. The molecule has 2 rings (SSSR count). The summed E-state index contributed by atoms with van der Waals surface area (Å²) in [7, 11) is 1.57. The minimum absolute atomic E-state index is 0.205. The zero-order chi connectivity index (χ0) is 16.1. The van der Waals surface area contributed by atoms with Gasteiger partial charge in [-0.3, -0.25) is 9.69 Å². The lowest BCUT2D eigenvalue weighted by molar-refractivity contribution is 0.103. The summed E-state index contributed by atoms with van der Waals surface area (Å²) in [6, 6.07) is 6.82. The SMILES string of the molecule is CCN(CC)Cc1[nH]c(=O)[nH]c1C(=O)c1ccc(OC)cc1. The molecule has 0 aliphatic heterocycles. The maximum absolute atomic E-state index is 12.6. The molecule has 0 atom stereocenters. The van der Waals surface area contributed by atoms with E-state index in [1.807, 2.05) is 13.8 Å². The van der Waals surface area contributed by atoms with Gasteiger partial charge in [0.05, 0.1) is 12.8 Å². The van der Waals surface area contributed by atoms with Crippen molar-refractivity contribution in [2.75, 3.05) is 20.2 Å². The highest BCUT2D eigenvalue weighted by Crippen LogP contribution is 2.16. The number of hydrogen-bond donors (Lipinski definition) is 2. The fourth-order valence-corrected chi connectivity index (χ4v) is 2.29. The molecule has 6 heteroatoms. The molecule has 1 aromatic carbocycles. The quantitative estimate of drug-likeness (QED) is 0.764. The van der Waals surface area contributed by atoms with E-state index >= 15 is 0 Å². The number of benzene rings is 1. The number of H-pyrrole nitrogens is 2. The Morgan fingerprint density at radius 3 is 2.32 bits per heavy atom. The van der Waals surface area contributed by atoms with Gasteiger partial charge in [-0.25, -0.2) is 4.79 Å². The lowest BCUT2D eigenvalue weighted by atomic mass is 10.1. The minimum atomic E-state index is -0.362. The van der Waals surface area contributed by atoms with Crippen LogP contribution >= 0.6 is 0 Å². The van der Waals surface area contributed by atoms with Gasteiger partial charge < -0.3 is 14.7 Å². The van der Waals surface area contributed by atoms with E-state index in [0.29, 0.717) is 29.2 Å². The van der Waals surface area contributed by atoms with E-state index in [0.717, 1.165) is 13.1 Å². The van der Waals surface area contributed by atoms with Crippen LogP contribution in [0.25, 0.3) is 0 Å². The average Bonchev–Trinajstić information content (AvgIpc) is 2.92. The monoisotopic (exact) mass is 303 g/mol. The van der Waals surface area contributed by atoms with Gasteiger partial charge in [0.1, 0.15) is 11.4 Å². The fraction of sp³-hybridized carbons (Fsp3) is 0.375. The number of aromatic nitrogens is 2. The van der Waals surface area contributed by atoms with Gasteiger partial charge in [0.2, 0.25) is 5.78 Å². The van der Waals surface area contributed by atoms with Gasteiger partial charge in [0.15, 0.2) is 0 Å². The van der Waals surface area contributed by atoms with E-state index in [1.165, 1.54) is 0 Å². The number of aromatic amines is 2. The van der Waals surface area contributed by atoms with E-state index in [-0.39, 0.29) is 11.5 Å². The average molecular weight is 303 g/mol. The van der Waals surface area contributed by atoms with Crippen molar-refractivity contribution in [3.8, 4) is 5.75 Å². The van der Waals surface area contributed by atoms with Gasteiger partial charge in [-0.05, 0) is 37.4 Å². The Morgan fingerprint density at radius 1 is 1.14 bits per heavy atom. The van der Waals surface area contributed by atoms with Crippen molar-refractivity contribution in [3.05, 3.63) is 51.7 Å². The van der Waals surface area contributed by atoms with Gasteiger partial charge in [-0.2, -0.15) is 0 Å². The summed E-state index contributed by atoms with van der Waals surface area (Å²) in [5, 5.41) is 0. The maximum Gasteiger partial charge on any atom is 0.323 e. The van der Waals surface area contributed by atoms with Crippen LogP contribution in [0.5, 0.6) is 5.75 Å². The van der Waals surface area contributed by atoms with Crippen LogP contribution in [0.15, 0.2) is 29.1 Å². The Labute approximate surface area is 129 Å². The zero-order valence-corrected chi connectivity index (χ0v) is 13.1. The first-order chi connectivity index (χ1) is 10.6. The van der Waals surface area contributed by atoms with Gasteiger partial charge >= 0.3 is 5.69 Å². The molecule has 6 nitrogen and oxygen atoms in total. The van der Waals surface area contributed by atoms with Crippen LogP contribution in [0.2, 0.25) is 0 Å². The van der Waals surface area contributed by atoms with Gasteiger partial charge in [-0.15, -0.1) is 0 Å². The van der Waals surface area contributed by atoms with Crippen molar-refractivity contribution < 1.29 is 9.53 Å². The maximum atomic E-state index is 12.6. The highest BCUT2D eigenvalue weighted by atomic mass is 16.5. The van der Waals surface area contributed by atoms with Gasteiger partial charge in [-0.1, -0.05) is 13.8 Å². The first-order valence-electron chi connectivity index (χ1n) is 7.31. The van der Waals surface area contributed by atoms with Crippen molar-refractivity contribution in [2.24, 2.45) is 0 Å². The molecule has 0 amide bonds. The molecule has 0 radical (unpaired) electrons. The standard InChI is InChI=1S/C16H21N3O3/c1-4-19(5-2)10-13-14(18-16(21)17-13)15(20)11-6-8-12(22-3)9-7-11/h6-9H,4-5,10H2,1-3H3,(H2,17,18,21). The number of ketones is 1. The summed E-state index contributed by atoms with van der Waals surface area (Å²) in [5.74, 6) is 0.477. The second-order valence-electron chi connectivity index (χ2n) is 4.95. The molecule has 1 aromatic heterocycles. The molecule has 2 aromatic rings. The van der Waals surface area contributed by atoms with Crippen molar-refractivity contribution >= 4 is 5.78 Å². The number of imidazole rings is 1. The zero-order valence-electron chi connectivity index (χ0n) is 13.1. The van der Waals surface area contributed by atoms with Crippen LogP contribution in [0, 0.1) is 0 Å². The molecule has 0 fully saturated rings. The normalized spacial score (nSPS) is 10.9. The smallest absolute Gasteiger partial charge is 0.323 e. The van der Waals surface area contributed by atoms with E-state index < -0.39 is 0 Å². The van der Waals surface area contributed by atoms with Gasteiger partial charge in [0, 0.05) is 12.1 Å². The summed E-state index contributed by atoms with van der Waals surface area (Å²) in [6.45, 7) is 6.31. The van der Waals surface area contributed by atoms with E-state index in [2.05, 4.69) is 14.9 Å². The van der Waals surface area contributed by atoms with Crippen LogP contribution in [0.4, 0.5) is 0 Å². The summed E-state index contributed by atoms with van der Waals surface area (Å²) in [6.07, 6.45) is 0. The summed E-state index contributed by atoms with van der Waals surface area (Å²) in [5.41, 5.74) is 1.09. The molecule has 118 valence electrons. The molecular weight excluding hydrogens is 282 g/mol. The number of carbonyl (C=O) groups excluding carboxylic acids is 1. The molecule has 22 heavy (non-hydrogen) atoms. The lowest BCUT2D eigenvalue weighted by Crippen LogP contribution is -2.23. The topological polar surface area (TPSA) is 78.2 Å². The van der Waals surface area contributed by atoms with E-state index in [4.69, 9.17) is 4.74 Å². The molecular formula is C16H21N3O3. The first-order valence-corrected chi connectivity index (χ1v) is 7.31. The Balaban J connectivity index is 2.30. The number of rotatable bonds is 7. The third kappa shape index (κ3) is 3.46. The molecule has 0 spiro atoms. The highest BCUT2D eigenvalue weighted by molar-refractivity contribution is 6.08. The molecule has 0 aliphatic rings. The third-order valence-corrected chi connectivity index (χ3v) is 3.66. The van der Waals surface area contributed by atoms with Crippen LogP contribution < -0.4 is 10.4 Å². The summed E-state index contributed by atoms with van der Waals surface area (Å²) >= 11 is 0. The molecule has 0 bridgehead atoms. The number of ether oxygens (including phenoxy) is 1. The van der Waals surface area contributed by atoms with Crippen molar-refractivity contribution in [2.45, 2.75) is 20.4 Å². The lowest BCUT2D eigenvalue weighted by Gasteiger charge is -2.17. The van der Waals surface area contributed by atoms with Gasteiger partial charge in [0.25, 0.3) is 0 Å². The fourth-order valence-electron chi connectivity index (χ4n) is 2.29. The van der Waals surface area contributed by atoms with E-state index in [1.54, 1.807) is 31.4 Å². The highest BCUT2D eigenvalue weighted by Gasteiger charge is 2.18. The summed E-state index contributed by atoms with van der Waals surface area (Å²) in [4.78, 5) is 31.6. The Morgan fingerprint density at radius 2 is 1.77 bits per heavy atom. The number of carbonyl (C=O) groups is 1. The van der Waals surface area contributed by atoms with Crippen LogP contribution in [0.3, 0.4) is 0 Å². The second-order valence-corrected chi connectivity index (χ2v) is 4.95. The molecule has 2 N–H and O–H groups in total. The summed E-state index contributed by atoms with van der Waals surface area (Å²) < 4.78 is 5.08. The van der Waals surface area contributed by atoms with E-state index in [9.17, 15) is 9.59 Å². The number of nitrogens with zero attached hydrogens (tertiary/aromatic N) is 1. The second kappa shape index (κ2) is 7.09. The Kier molecular flexibility index (Phi) is 5.16. The largest absolute Gasteiger partial charge is 0.497 e. The molecule has 0 aliphatic carbocycles. The Bertz CT molecular complexity index is 681. The number of methoxy groups -OCH3 is 1. The minimum Gasteiger partial charge on any atom is -0.497 e. The number of hydrogen-bond acceptors (Lipinski definition) is 4. The van der Waals surface area contributed by atoms with Crippen molar-refractivity contribution in [1.82, 2.24) is 14.9 Å². The van der Waals surface area contributed by atoms with Crippen LogP contribution in [0.1, 0.15) is 35.6 Å². The number of nitrogens with one attached hydrogen (secondary N) is 2. The molecule has 0 unspecified atom stereocenters. The van der Waals surface area contributed by atoms with Crippen molar-refractivity contribution in [1.29, 1.82) is 0 Å². The van der Waals surface area contributed by atoms with Crippen molar-refractivity contribution in [3.63, 3.8) is 0 Å². The third-order valence-electron chi connectivity index (χ3n) is 3.66. The molecule has 0 saturated heterocycles. The molecule has 1 heterocycles.